The summed E-state index contributed by atoms with van der Waals surface area (Å²) in [6, 6.07) is 32.9. The van der Waals surface area contributed by atoms with Crippen LogP contribution in [0.1, 0.15) is 13.8 Å². The van der Waals surface area contributed by atoms with E-state index < -0.39 is 25.5 Å². The molecule has 6 heteroatoms. The first-order valence-corrected chi connectivity index (χ1v) is 17.1. The van der Waals surface area contributed by atoms with Gasteiger partial charge in [0.15, 0.2) is 0 Å². The average molecular weight is 535 g/mol. The van der Waals surface area contributed by atoms with Crippen LogP contribution in [-0.4, -0.2) is 33.0 Å². The van der Waals surface area contributed by atoms with Gasteiger partial charge in [-0.15, -0.1) is 0 Å². The Morgan fingerprint density at radius 1 is 0.679 bits per heavy atom. The zero-order valence-corrected chi connectivity index (χ0v) is 21.5. The van der Waals surface area contributed by atoms with Crippen molar-refractivity contribution in [1.82, 2.24) is 0 Å². The first-order valence-electron chi connectivity index (χ1n) is 9.20. The summed E-state index contributed by atoms with van der Waals surface area (Å²) in [6.45, 7) is 4.79. The van der Waals surface area contributed by atoms with Crippen molar-refractivity contribution < 1.29 is 9.05 Å². The number of hydrogen-bond donors (Lipinski definition) is 0. The van der Waals surface area contributed by atoms with Crippen molar-refractivity contribution in [1.29, 1.82) is 0 Å². The summed E-state index contributed by atoms with van der Waals surface area (Å²) in [5, 5.41) is 0. The molecule has 0 aliphatic carbocycles. The average Bonchev–Trinajstić information content (AvgIpc) is 2.71. The SMILES string of the molecule is CCOP(=S)([S-])OCC.c1cc[c]([Sn+]([c]2ccccc2)[c]2ccccc2)cc1. The summed E-state index contributed by atoms with van der Waals surface area (Å²) in [5.74, 6) is 0. The van der Waals surface area contributed by atoms with Crippen molar-refractivity contribution in [3.63, 3.8) is 0 Å². The van der Waals surface area contributed by atoms with Crippen LogP contribution in [0.25, 0.3) is 0 Å². The fourth-order valence-electron chi connectivity index (χ4n) is 2.67. The van der Waals surface area contributed by atoms with Crippen LogP contribution in [0.3, 0.4) is 0 Å². The standard InChI is InChI=1S/3C6H5.C4H11O2PS2.Sn/c3*1-2-4-6-5-3-1;1-3-5-7(8,9)6-4-2;/h3*1-5H;3-4H2,1-2H3,(H,8,9);/q;;;;+1/p-1. The second-order valence-electron chi connectivity index (χ2n) is 5.76. The fourth-order valence-corrected chi connectivity index (χ4v) is 12.0. The molecule has 146 valence electrons. The summed E-state index contributed by atoms with van der Waals surface area (Å²) in [5.41, 5.74) is -2.28. The Morgan fingerprint density at radius 2 is 0.964 bits per heavy atom. The second kappa shape index (κ2) is 12.8. The molecule has 0 N–H and O–H groups in total. The van der Waals surface area contributed by atoms with Gasteiger partial charge in [0.05, 0.1) is 5.69 Å². The van der Waals surface area contributed by atoms with Gasteiger partial charge in [-0.3, -0.25) is 0 Å². The Bertz CT molecular complexity index is 744. The molecule has 0 aliphatic heterocycles. The maximum atomic E-state index is 4.99. The Balaban J connectivity index is 0.000000266. The predicted octanol–water partition coefficient (Wildman–Crippen LogP) is 4.03. The summed E-state index contributed by atoms with van der Waals surface area (Å²) < 4.78 is 14.6. The van der Waals surface area contributed by atoms with Gasteiger partial charge in [-0.05, 0) is 13.8 Å². The minimum absolute atomic E-state index is 0.542. The van der Waals surface area contributed by atoms with Crippen molar-refractivity contribution >= 4 is 60.2 Å². The molecule has 0 amide bonds. The molecule has 3 aromatic carbocycles. The van der Waals surface area contributed by atoms with Crippen molar-refractivity contribution in [3.05, 3.63) is 91.0 Å². The third-order valence-corrected chi connectivity index (χ3v) is 14.0. The molecule has 0 unspecified atom stereocenters. The van der Waals surface area contributed by atoms with Gasteiger partial charge in [0.1, 0.15) is 0 Å². The Kier molecular flexibility index (Phi) is 10.8. The van der Waals surface area contributed by atoms with Crippen molar-refractivity contribution in [3.8, 4) is 0 Å². The molecular weight excluding hydrogens is 510 g/mol. The van der Waals surface area contributed by atoms with Crippen LogP contribution < -0.4 is 10.7 Å². The molecule has 3 rings (SSSR count). The normalized spacial score (nSPS) is 10.7. The van der Waals surface area contributed by atoms with Gasteiger partial charge < -0.3 is 21.3 Å². The van der Waals surface area contributed by atoms with Crippen LogP contribution in [0.4, 0.5) is 0 Å². The van der Waals surface area contributed by atoms with Gasteiger partial charge in [0, 0.05) is 13.2 Å². The second-order valence-corrected chi connectivity index (χ2v) is 17.8. The quantitative estimate of drug-likeness (QED) is 0.259. The monoisotopic (exact) mass is 536 g/mol. The zero-order valence-electron chi connectivity index (χ0n) is 16.2. The molecule has 0 aliphatic rings. The van der Waals surface area contributed by atoms with E-state index in [-0.39, 0.29) is 0 Å². The van der Waals surface area contributed by atoms with Crippen LogP contribution in [-0.2, 0) is 33.1 Å². The van der Waals surface area contributed by atoms with Crippen LogP contribution in [0, 0.1) is 0 Å². The van der Waals surface area contributed by atoms with E-state index in [0.29, 0.717) is 13.2 Å². The number of rotatable bonds is 7. The number of benzene rings is 3. The molecule has 0 radical (unpaired) electrons. The summed E-state index contributed by atoms with van der Waals surface area (Å²) in [6.07, 6.45) is 0. The van der Waals surface area contributed by atoms with E-state index in [1.165, 1.54) is 10.7 Å². The molecule has 3 aromatic rings. The van der Waals surface area contributed by atoms with Crippen LogP contribution in [0.2, 0.25) is 0 Å². The van der Waals surface area contributed by atoms with Crippen LogP contribution in [0.5, 0.6) is 0 Å². The molecule has 0 saturated heterocycles. The predicted molar refractivity (Wildman–Crippen MR) is 129 cm³/mol. The van der Waals surface area contributed by atoms with Gasteiger partial charge >= 0.3 is 121 Å². The molecule has 28 heavy (non-hydrogen) atoms. The Labute approximate surface area is 186 Å². The number of hydrogen-bond acceptors (Lipinski definition) is 4. The van der Waals surface area contributed by atoms with Gasteiger partial charge in [-0.2, -0.15) is 0 Å². The van der Waals surface area contributed by atoms with Crippen molar-refractivity contribution in [2.75, 3.05) is 13.2 Å². The van der Waals surface area contributed by atoms with E-state index in [0.717, 1.165) is 0 Å². The van der Waals surface area contributed by atoms with E-state index in [4.69, 9.17) is 33.1 Å². The summed E-state index contributed by atoms with van der Waals surface area (Å²) in [7, 11) is 0. The Morgan fingerprint density at radius 3 is 1.21 bits per heavy atom. The van der Waals surface area contributed by atoms with Gasteiger partial charge in [-0.25, -0.2) is 0 Å². The fraction of sp³-hybridized carbons (Fsp3) is 0.182. The molecular formula is C22H25O2PS2Sn. The molecule has 0 saturated carbocycles. The van der Waals surface area contributed by atoms with Gasteiger partial charge in [0.2, 0.25) is 0 Å². The summed E-state index contributed by atoms with van der Waals surface area (Å²) >= 11 is 7.66. The molecule has 0 aromatic heterocycles. The summed E-state index contributed by atoms with van der Waals surface area (Å²) in [4.78, 5) is 0. The first-order chi connectivity index (χ1) is 13.6. The van der Waals surface area contributed by atoms with Gasteiger partial charge in [-0.1, -0.05) is 11.8 Å². The topological polar surface area (TPSA) is 18.5 Å². The van der Waals surface area contributed by atoms with Crippen molar-refractivity contribution in [2.24, 2.45) is 0 Å². The molecule has 0 fully saturated rings. The Hall–Kier alpha value is -0.621. The molecule has 0 bridgehead atoms. The van der Waals surface area contributed by atoms with Crippen molar-refractivity contribution in [2.45, 2.75) is 13.8 Å². The van der Waals surface area contributed by atoms with Crippen LogP contribution >= 0.6 is 5.69 Å². The molecule has 0 atom stereocenters. The van der Waals surface area contributed by atoms with Crippen LogP contribution in [0.15, 0.2) is 91.0 Å². The van der Waals surface area contributed by atoms with E-state index in [1.54, 1.807) is 0 Å². The van der Waals surface area contributed by atoms with E-state index in [9.17, 15) is 0 Å². The van der Waals surface area contributed by atoms with E-state index in [1.807, 2.05) is 13.8 Å². The minimum atomic E-state index is -2.28. The van der Waals surface area contributed by atoms with E-state index in [2.05, 4.69) is 91.0 Å². The molecule has 2 nitrogen and oxygen atoms in total. The zero-order chi connectivity index (χ0) is 20.2. The molecule has 0 spiro atoms. The first kappa shape index (κ1) is 23.7. The third kappa shape index (κ3) is 8.02. The maximum absolute atomic E-state index is 4.99. The molecule has 0 heterocycles. The third-order valence-electron chi connectivity index (χ3n) is 3.76. The van der Waals surface area contributed by atoms with E-state index >= 15 is 0 Å². The van der Waals surface area contributed by atoms with Gasteiger partial charge in [0.25, 0.3) is 0 Å².